The quantitative estimate of drug-likeness (QED) is 0.696. The molecule has 1 aromatic heterocycles. The van der Waals surface area contributed by atoms with Crippen LogP contribution in [0.5, 0.6) is 0 Å². The lowest BCUT2D eigenvalue weighted by molar-refractivity contribution is 0.100. The summed E-state index contributed by atoms with van der Waals surface area (Å²) in [7, 11) is 3.85. The van der Waals surface area contributed by atoms with Gasteiger partial charge >= 0.3 is 6.03 Å². The minimum Gasteiger partial charge on any atom is -0.370 e. The Morgan fingerprint density at radius 2 is 1.90 bits per heavy atom. The van der Waals surface area contributed by atoms with Crippen molar-refractivity contribution in [2.75, 3.05) is 42.3 Å². The Bertz CT molecular complexity index is 860. The number of aromatic nitrogens is 1. The van der Waals surface area contributed by atoms with Gasteiger partial charge in [-0.15, -0.1) is 0 Å². The Morgan fingerprint density at radius 1 is 1.14 bits per heavy atom. The van der Waals surface area contributed by atoms with Crippen molar-refractivity contribution in [3.05, 3.63) is 47.7 Å². The molecule has 0 radical (unpaired) electrons. The number of nitrogens with two attached hydrogens (primary N) is 1. The third-order valence-corrected chi connectivity index (χ3v) is 4.95. The molecule has 1 saturated heterocycles. The van der Waals surface area contributed by atoms with Gasteiger partial charge in [0, 0.05) is 45.5 Å². The summed E-state index contributed by atoms with van der Waals surface area (Å²) in [5.74, 6) is 0.332. The largest absolute Gasteiger partial charge is 0.370 e. The Morgan fingerprint density at radius 3 is 2.52 bits per heavy atom. The number of anilines is 3. The van der Waals surface area contributed by atoms with Crippen molar-refractivity contribution in [2.24, 2.45) is 5.73 Å². The lowest BCUT2D eigenvalue weighted by Crippen LogP contribution is -2.32. The number of nitrogens with zero attached hydrogens (tertiary/aromatic N) is 3. The molecule has 1 aliphatic rings. The number of carbonyl (C=O) groups excluding carboxylic acids is 2. The SMILES string of the molecule is CN(C)c1ccc(CNC(=O)Nc2cc(C(N)=O)ccc2N2CCCCC2)cn1. The van der Waals surface area contributed by atoms with E-state index in [0.717, 1.165) is 43.0 Å². The van der Waals surface area contributed by atoms with E-state index in [2.05, 4.69) is 20.5 Å². The Balaban J connectivity index is 1.69. The van der Waals surface area contributed by atoms with E-state index in [9.17, 15) is 9.59 Å². The fourth-order valence-electron chi connectivity index (χ4n) is 3.33. The first kappa shape index (κ1) is 20.4. The zero-order valence-electron chi connectivity index (χ0n) is 16.9. The van der Waals surface area contributed by atoms with Gasteiger partial charge in [0.1, 0.15) is 5.82 Å². The van der Waals surface area contributed by atoms with Crippen LogP contribution in [-0.2, 0) is 6.54 Å². The third-order valence-electron chi connectivity index (χ3n) is 4.95. The molecule has 8 heteroatoms. The van der Waals surface area contributed by atoms with E-state index in [4.69, 9.17) is 5.73 Å². The minimum atomic E-state index is -0.522. The number of urea groups is 1. The molecule has 0 saturated carbocycles. The van der Waals surface area contributed by atoms with Crippen molar-refractivity contribution < 1.29 is 9.59 Å². The van der Waals surface area contributed by atoms with Gasteiger partial charge in [-0.2, -0.15) is 0 Å². The predicted octanol–water partition coefficient (Wildman–Crippen LogP) is 2.56. The molecule has 29 heavy (non-hydrogen) atoms. The molecule has 3 rings (SSSR count). The maximum atomic E-state index is 12.5. The van der Waals surface area contributed by atoms with Crippen LogP contribution in [0.4, 0.5) is 22.0 Å². The number of rotatable bonds is 6. The number of piperidine rings is 1. The van der Waals surface area contributed by atoms with Crippen molar-refractivity contribution >= 4 is 29.1 Å². The number of primary amides is 1. The highest BCUT2D eigenvalue weighted by Crippen LogP contribution is 2.29. The average molecular weight is 396 g/mol. The summed E-state index contributed by atoms with van der Waals surface area (Å²) in [5.41, 5.74) is 8.17. The van der Waals surface area contributed by atoms with Crippen LogP contribution in [0, 0.1) is 0 Å². The van der Waals surface area contributed by atoms with Gasteiger partial charge in [-0.3, -0.25) is 4.79 Å². The van der Waals surface area contributed by atoms with Crippen molar-refractivity contribution in [3.63, 3.8) is 0 Å². The standard InChI is InChI=1S/C21H28N6O2/c1-26(2)19-9-6-15(13-23-19)14-24-21(29)25-17-12-16(20(22)28)7-8-18(17)27-10-4-3-5-11-27/h6-9,12-13H,3-5,10-11,14H2,1-2H3,(H2,22,28)(H2,24,25,29). The molecule has 2 heterocycles. The molecule has 2 aromatic rings. The zero-order valence-corrected chi connectivity index (χ0v) is 16.9. The second-order valence-electron chi connectivity index (χ2n) is 7.37. The molecule has 4 N–H and O–H groups in total. The normalized spacial score (nSPS) is 13.7. The summed E-state index contributed by atoms with van der Waals surface area (Å²) >= 11 is 0. The molecule has 8 nitrogen and oxygen atoms in total. The Labute approximate surface area is 171 Å². The van der Waals surface area contributed by atoms with Crippen LogP contribution >= 0.6 is 0 Å². The first-order chi connectivity index (χ1) is 13.9. The van der Waals surface area contributed by atoms with Gasteiger partial charge in [0.05, 0.1) is 11.4 Å². The molecule has 0 spiro atoms. The fraction of sp³-hybridized carbons (Fsp3) is 0.381. The van der Waals surface area contributed by atoms with E-state index in [1.54, 1.807) is 18.3 Å². The van der Waals surface area contributed by atoms with E-state index < -0.39 is 5.91 Å². The topological polar surface area (TPSA) is 104 Å². The van der Waals surface area contributed by atoms with Crippen molar-refractivity contribution in [1.29, 1.82) is 0 Å². The molecule has 1 fully saturated rings. The second kappa shape index (κ2) is 9.27. The highest BCUT2D eigenvalue weighted by atomic mass is 16.2. The zero-order chi connectivity index (χ0) is 20.8. The maximum absolute atomic E-state index is 12.5. The maximum Gasteiger partial charge on any atom is 0.319 e. The molecule has 154 valence electrons. The molecule has 1 aliphatic heterocycles. The molecule has 0 unspecified atom stereocenters. The van der Waals surface area contributed by atoms with Gasteiger partial charge in [-0.1, -0.05) is 6.07 Å². The van der Waals surface area contributed by atoms with Crippen molar-refractivity contribution in [2.45, 2.75) is 25.8 Å². The Hall–Kier alpha value is -3.29. The number of carbonyl (C=O) groups is 2. The summed E-state index contributed by atoms with van der Waals surface area (Å²) in [5, 5.41) is 5.71. The molecule has 0 aliphatic carbocycles. The van der Waals surface area contributed by atoms with Gasteiger partial charge in [0.25, 0.3) is 0 Å². The number of hydrogen-bond acceptors (Lipinski definition) is 5. The first-order valence-electron chi connectivity index (χ1n) is 9.80. The van der Waals surface area contributed by atoms with E-state index in [0.29, 0.717) is 17.8 Å². The van der Waals surface area contributed by atoms with Gasteiger partial charge in [0.15, 0.2) is 0 Å². The van der Waals surface area contributed by atoms with Gasteiger partial charge in [-0.05, 0) is 49.1 Å². The first-order valence-corrected chi connectivity index (χ1v) is 9.80. The van der Waals surface area contributed by atoms with Crippen LogP contribution in [-0.4, -0.2) is 44.1 Å². The van der Waals surface area contributed by atoms with Gasteiger partial charge < -0.3 is 26.2 Å². The number of hydrogen-bond donors (Lipinski definition) is 3. The third kappa shape index (κ3) is 5.37. The van der Waals surface area contributed by atoms with Crippen LogP contribution in [0.3, 0.4) is 0 Å². The van der Waals surface area contributed by atoms with E-state index >= 15 is 0 Å². The molecular weight excluding hydrogens is 368 g/mol. The molecular formula is C21H28N6O2. The number of benzene rings is 1. The van der Waals surface area contributed by atoms with Crippen LogP contribution in [0.1, 0.15) is 35.2 Å². The lowest BCUT2D eigenvalue weighted by Gasteiger charge is -2.30. The highest BCUT2D eigenvalue weighted by molar-refractivity contribution is 5.98. The van der Waals surface area contributed by atoms with Crippen LogP contribution in [0.2, 0.25) is 0 Å². The average Bonchev–Trinajstić information content (AvgIpc) is 2.73. The number of pyridine rings is 1. The molecule has 0 bridgehead atoms. The smallest absolute Gasteiger partial charge is 0.319 e. The lowest BCUT2D eigenvalue weighted by atomic mass is 10.1. The second-order valence-corrected chi connectivity index (χ2v) is 7.37. The van der Waals surface area contributed by atoms with E-state index in [-0.39, 0.29) is 6.03 Å². The van der Waals surface area contributed by atoms with Crippen LogP contribution in [0.15, 0.2) is 36.5 Å². The van der Waals surface area contributed by atoms with E-state index in [1.807, 2.05) is 37.2 Å². The monoisotopic (exact) mass is 396 g/mol. The molecule has 1 aromatic carbocycles. The minimum absolute atomic E-state index is 0.346. The molecule has 0 atom stereocenters. The van der Waals surface area contributed by atoms with Gasteiger partial charge in [-0.25, -0.2) is 9.78 Å². The number of amides is 3. The van der Waals surface area contributed by atoms with E-state index in [1.165, 1.54) is 6.42 Å². The van der Waals surface area contributed by atoms with Crippen molar-refractivity contribution in [3.8, 4) is 0 Å². The fourth-order valence-corrected chi connectivity index (χ4v) is 3.33. The molecule has 3 amide bonds. The van der Waals surface area contributed by atoms with Gasteiger partial charge in [0.2, 0.25) is 5.91 Å². The van der Waals surface area contributed by atoms with Crippen molar-refractivity contribution in [1.82, 2.24) is 10.3 Å². The summed E-state index contributed by atoms with van der Waals surface area (Å²) in [6.07, 6.45) is 5.17. The summed E-state index contributed by atoms with van der Waals surface area (Å²) < 4.78 is 0. The summed E-state index contributed by atoms with van der Waals surface area (Å²) in [6.45, 7) is 2.20. The predicted molar refractivity (Wildman–Crippen MR) is 115 cm³/mol. The number of nitrogens with one attached hydrogen (secondary N) is 2. The summed E-state index contributed by atoms with van der Waals surface area (Å²) in [4.78, 5) is 32.6. The Kier molecular flexibility index (Phi) is 6.54. The summed E-state index contributed by atoms with van der Waals surface area (Å²) in [6, 6.07) is 8.67. The van der Waals surface area contributed by atoms with Crippen LogP contribution < -0.4 is 26.2 Å². The van der Waals surface area contributed by atoms with Crippen LogP contribution in [0.25, 0.3) is 0 Å². The highest BCUT2D eigenvalue weighted by Gasteiger charge is 2.17.